The highest BCUT2D eigenvalue weighted by molar-refractivity contribution is 6.28. The molecular weight excluding hydrogens is 264 g/mol. The molecule has 0 bridgehead atoms. The van der Waals surface area contributed by atoms with Gasteiger partial charge in [-0.05, 0) is 44.5 Å². The Kier molecular flexibility index (Phi) is 3.52. The van der Waals surface area contributed by atoms with Crippen LogP contribution in [0.15, 0.2) is 6.33 Å². The molecule has 1 saturated heterocycles. The minimum Gasteiger partial charge on any atom is -0.367 e. The van der Waals surface area contributed by atoms with Gasteiger partial charge in [-0.2, -0.15) is 9.97 Å². The van der Waals surface area contributed by atoms with Gasteiger partial charge in [0.25, 0.3) is 0 Å². The number of hydrogen-bond acceptors (Lipinski definition) is 5. The third-order valence-corrected chi connectivity index (χ3v) is 3.76. The summed E-state index contributed by atoms with van der Waals surface area (Å²) < 4.78 is 0. The van der Waals surface area contributed by atoms with Gasteiger partial charge in [0.15, 0.2) is 11.5 Å². The number of likely N-dealkylation sites (tertiary alicyclic amines) is 1. The Labute approximate surface area is 116 Å². The van der Waals surface area contributed by atoms with E-state index < -0.39 is 0 Å². The summed E-state index contributed by atoms with van der Waals surface area (Å²) in [5.74, 6) is 0.721. The second-order valence-electron chi connectivity index (χ2n) is 4.92. The van der Waals surface area contributed by atoms with E-state index in [4.69, 9.17) is 11.6 Å². The molecule has 3 rings (SSSR count). The van der Waals surface area contributed by atoms with Crippen LogP contribution in [0.25, 0.3) is 11.2 Å². The largest absolute Gasteiger partial charge is 0.367 e. The van der Waals surface area contributed by atoms with Crippen molar-refractivity contribution >= 4 is 28.6 Å². The second-order valence-corrected chi connectivity index (χ2v) is 5.25. The number of nitrogens with one attached hydrogen (secondary N) is 2. The minimum atomic E-state index is 0.218. The van der Waals surface area contributed by atoms with Gasteiger partial charge in [0, 0.05) is 12.6 Å². The van der Waals surface area contributed by atoms with E-state index in [0.717, 1.165) is 17.9 Å². The van der Waals surface area contributed by atoms with Gasteiger partial charge in [0.05, 0.1) is 6.33 Å². The van der Waals surface area contributed by atoms with Gasteiger partial charge in [-0.1, -0.05) is 0 Å². The molecule has 1 unspecified atom stereocenters. The molecule has 1 fully saturated rings. The van der Waals surface area contributed by atoms with Crippen molar-refractivity contribution < 1.29 is 0 Å². The van der Waals surface area contributed by atoms with Crippen molar-refractivity contribution in [2.75, 3.05) is 25.0 Å². The SMILES string of the molecule is CC(CNc1nc(Cl)nc2nc[nH]c12)N1CCCC1. The average molecular weight is 281 g/mol. The smallest absolute Gasteiger partial charge is 0.226 e. The first-order valence-corrected chi connectivity index (χ1v) is 6.96. The molecule has 1 aliphatic heterocycles. The molecule has 19 heavy (non-hydrogen) atoms. The van der Waals surface area contributed by atoms with Crippen LogP contribution in [0, 0.1) is 0 Å². The van der Waals surface area contributed by atoms with Crippen LogP contribution in [0.5, 0.6) is 0 Å². The van der Waals surface area contributed by atoms with Gasteiger partial charge in [-0.15, -0.1) is 0 Å². The number of aromatic nitrogens is 4. The molecule has 0 aromatic carbocycles. The lowest BCUT2D eigenvalue weighted by Gasteiger charge is -2.24. The van der Waals surface area contributed by atoms with E-state index in [1.54, 1.807) is 6.33 Å². The number of fused-ring (bicyclic) bond motifs is 1. The molecule has 6 nitrogen and oxygen atoms in total. The summed E-state index contributed by atoms with van der Waals surface area (Å²) in [6.07, 6.45) is 4.20. The summed E-state index contributed by atoms with van der Waals surface area (Å²) >= 11 is 5.90. The van der Waals surface area contributed by atoms with Crippen molar-refractivity contribution in [2.24, 2.45) is 0 Å². The van der Waals surface area contributed by atoms with Crippen molar-refractivity contribution in [2.45, 2.75) is 25.8 Å². The Hall–Kier alpha value is -1.40. The highest BCUT2D eigenvalue weighted by Crippen LogP contribution is 2.19. The fraction of sp³-hybridized carbons (Fsp3) is 0.583. The van der Waals surface area contributed by atoms with Crippen LogP contribution in [0.2, 0.25) is 5.28 Å². The van der Waals surface area contributed by atoms with Crippen LogP contribution in [-0.4, -0.2) is 50.5 Å². The Morgan fingerprint density at radius 1 is 1.42 bits per heavy atom. The molecule has 2 aromatic rings. The molecule has 0 amide bonds. The highest BCUT2D eigenvalue weighted by Gasteiger charge is 2.18. The Morgan fingerprint density at radius 2 is 2.21 bits per heavy atom. The van der Waals surface area contributed by atoms with Crippen LogP contribution in [0.1, 0.15) is 19.8 Å². The summed E-state index contributed by atoms with van der Waals surface area (Å²) in [4.78, 5) is 17.9. The molecule has 0 saturated carbocycles. The lowest BCUT2D eigenvalue weighted by molar-refractivity contribution is 0.269. The maximum atomic E-state index is 5.90. The lowest BCUT2D eigenvalue weighted by atomic mass is 10.3. The zero-order chi connectivity index (χ0) is 13.2. The topological polar surface area (TPSA) is 69.7 Å². The predicted octanol–water partition coefficient (Wildman–Crippen LogP) is 1.90. The first kappa shape index (κ1) is 12.6. The van der Waals surface area contributed by atoms with Gasteiger partial charge in [-0.3, -0.25) is 4.90 Å². The fourth-order valence-electron chi connectivity index (χ4n) is 2.49. The van der Waals surface area contributed by atoms with Gasteiger partial charge in [0.2, 0.25) is 5.28 Å². The third kappa shape index (κ3) is 2.64. The molecule has 0 radical (unpaired) electrons. The predicted molar refractivity (Wildman–Crippen MR) is 75.5 cm³/mol. The Balaban J connectivity index is 1.72. The van der Waals surface area contributed by atoms with Crippen molar-refractivity contribution in [1.82, 2.24) is 24.8 Å². The number of imidazole rings is 1. The number of hydrogen-bond donors (Lipinski definition) is 2. The van der Waals surface area contributed by atoms with Crippen molar-refractivity contribution in [1.29, 1.82) is 0 Å². The minimum absolute atomic E-state index is 0.218. The average Bonchev–Trinajstić information content (AvgIpc) is 3.05. The summed E-state index contributed by atoms with van der Waals surface area (Å²) in [6.45, 7) is 5.44. The Morgan fingerprint density at radius 3 is 3.00 bits per heavy atom. The van der Waals surface area contributed by atoms with Gasteiger partial charge in [-0.25, -0.2) is 4.98 Å². The van der Waals surface area contributed by atoms with Crippen LogP contribution >= 0.6 is 11.6 Å². The summed E-state index contributed by atoms with van der Waals surface area (Å²) in [6, 6.07) is 0.481. The number of nitrogens with zero attached hydrogens (tertiary/aromatic N) is 4. The second kappa shape index (κ2) is 5.30. The zero-order valence-electron chi connectivity index (χ0n) is 10.9. The molecule has 7 heteroatoms. The molecule has 1 aliphatic rings. The molecule has 2 N–H and O–H groups in total. The van der Waals surface area contributed by atoms with E-state index in [9.17, 15) is 0 Å². The van der Waals surface area contributed by atoms with E-state index in [0.29, 0.717) is 11.7 Å². The molecule has 1 atom stereocenters. The van der Waals surface area contributed by atoms with E-state index in [2.05, 4.69) is 37.1 Å². The molecular formula is C12H17ClN6. The lowest BCUT2D eigenvalue weighted by Crippen LogP contribution is -2.35. The van der Waals surface area contributed by atoms with Crippen LogP contribution in [0.3, 0.4) is 0 Å². The maximum Gasteiger partial charge on any atom is 0.226 e. The zero-order valence-corrected chi connectivity index (χ0v) is 11.6. The first-order valence-electron chi connectivity index (χ1n) is 6.58. The van der Waals surface area contributed by atoms with Gasteiger partial charge in [0.1, 0.15) is 5.52 Å². The molecule has 3 heterocycles. The number of anilines is 1. The van der Waals surface area contributed by atoms with Crippen LogP contribution < -0.4 is 5.32 Å². The Bertz CT molecular complexity index is 562. The van der Waals surface area contributed by atoms with Crippen LogP contribution in [-0.2, 0) is 0 Å². The summed E-state index contributed by atoms with van der Waals surface area (Å²) in [5.41, 5.74) is 1.40. The molecule has 0 aliphatic carbocycles. The standard InChI is InChI=1S/C12H17ClN6/c1-8(19-4-2-3-5-19)6-14-10-9-11(16-7-15-9)18-12(13)17-10/h7-8H,2-6H2,1H3,(H2,14,15,16,17,18). The van der Waals surface area contributed by atoms with Crippen molar-refractivity contribution in [3.8, 4) is 0 Å². The number of halogens is 1. The number of rotatable bonds is 4. The van der Waals surface area contributed by atoms with Crippen molar-refractivity contribution in [3.63, 3.8) is 0 Å². The van der Waals surface area contributed by atoms with E-state index in [1.807, 2.05) is 0 Å². The van der Waals surface area contributed by atoms with E-state index in [1.165, 1.54) is 25.9 Å². The number of aromatic amines is 1. The van der Waals surface area contributed by atoms with Crippen LogP contribution in [0.4, 0.5) is 5.82 Å². The van der Waals surface area contributed by atoms with E-state index in [-0.39, 0.29) is 5.28 Å². The quantitative estimate of drug-likeness (QED) is 0.837. The molecule has 2 aromatic heterocycles. The van der Waals surface area contributed by atoms with Crippen molar-refractivity contribution in [3.05, 3.63) is 11.6 Å². The molecule has 102 valence electrons. The summed E-state index contributed by atoms with van der Waals surface area (Å²) in [7, 11) is 0. The highest BCUT2D eigenvalue weighted by atomic mass is 35.5. The molecule has 0 spiro atoms. The fourth-order valence-corrected chi connectivity index (χ4v) is 2.65. The van der Waals surface area contributed by atoms with Gasteiger partial charge >= 0.3 is 0 Å². The first-order chi connectivity index (χ1) is 9.24. The summed E-state index contributed by atoms with van der Waals surface area (Å²) in [5, 5.41) is 3.56. The normalized spacial score (nSPS) is 18.0. The number of H-pyrrole nitrogens is 1. The van der Waals surface area contributed by atoms with E-state index >= 15 is 0 Å². The third-order valence-electron chi connectivity index (χ3n) is 3.59. The van der Waals surface area contributed by atoms with Gasteiger partial charge < -0.3 is 10.3 Å². The maximum absolute atomic E-state index is 5.90. The monoisotopic (exact) mass is 280 g/mol.